The Labute approximate surface area is 120 Å². The number of aromatic nitrogens is 1. The van der Waals surface area contributed by atoms with Gasteiger partial charge in [-0.1, -0.05) is 11.3 Å². The molecule has 5 nitrogen and oxygen atoms in total. The molecule has 7 heteroatoms. The Hall–Kier alpha value is -1.08. The van der Waals surface area contributed by atoms with Crippen LogP contribution in [0.25, 0.3) is 0 Å². The van der Waals surface area contributed by atoms with Crippen LogP contribution in [0.3, 0.4) is 0 Å². The maximum atomic E-state index is 11.8. The van der Waals surface area contributed by atoms with Gasteiger partial charge in [-0.15, -0.1) is 0 Å². The highest BCUT2D eigenvalue weighted by Gasteiger charge is 2.24. The normalized spacial score (nSPS) is 18.3. The third kappa shape index (κ3) is 3.48. The standard InChI is InChI=1S/C12H16N2O3S2/c1-3-17-11(16)9-10(7(2)15)19-12(14-9)13-8-4-5-18-6-8/h8H,3-6H2,1-2H3,(H,13,14). The zero-order chi connectivity index (χ0) is 13.8. The molecule has 104 valence electrons. The number of nitrogens with zero attached hydrogens (tertiary/aromatic N) is 1. The van der Waals surface area contributed by atoms with Gasteiger partial charge < -0.3 is 10.1 Å². The SMILES string of the molecule is CCOC(=O)c1nc(NC2CCSC2)sc1C(C)=O. The molecule has 0 saturated carbocycles. The number of carbonyl (C=O) groups excluding carboxylic acids is 2. The van der Waals surface area contributed by atoms with E-state index >= 15 is 0 Å². The molecule has 1 saturated heterocycles. The summed E-state index contributed by atoms with van der Waals surface area (Å²) in [4.78, 5) is 27.9. The summed E-state index contributed by atoms with van der Waals surface area (Å²) in [5.41, 5.74) is 0.132. The number of hydrogen-bond donors (Lipinski definition) is 1. The molecule has 0 spiro atoms. The Morgan fingerprint density at radius 3 is 2.89 bits per heavy atom. The first-order valence-corrected chi connectivity index (χ1v) is 8.12. The number of ether oxygens (including phenoxy) is 1. The van der Waals surface area contributed by atoms with Gasteiger partial charge in [0.25, 0.3) is 0 Å². The third-order valence-electron chi connectivity index (χ3n) is 2.67. The van der Waals surface area contributed by atoms with Crippen LogP contribution in [0.15, 0.2) is 0 Å². The van der Waals surface area contributed by atoms with Gasteiger partial charge in [0.05, 0.1) is 6.61 Å². The smallest absolute Gasteiger partial charge is 0.358 e. The van der Waals surface area contributed by atoms with Gasteiger partial charge in [0, 0.05) is 18.7 Å². The zero-order valence-corrected chi connectivity index (χ0v) is 12.5. The Kier molecular flexibility index (Phi) is 4.81. The number of Topliss-reactive ketones (excluding diaryl/α,β-unsaturated/α-hetero) is 1. The molecule has 2 heterocycles. The highest BCUT2D eigenvalue weighted by Crippen LogP contribution is 2.27. The fourth-order valence-corrected chi connectivity index (χ4v) is 3.86. The number of anilines is 1. The number of nitrogens with one attached hydrogen (secondary N) is 1. The summed E-state index contributed by atoms with van der Waals surface area (Å²) in [6.07, 6.45) is 1.08. The lowest BCUT2D eigenvalue weighted by atomic mass is 10.3. The summed E-state index contributed by atoms with van der Waals surface area (Å²) in [6, 6.07) is 0.367. The van der Waals surface area contributed by atoms with Gasteiger partial charge in [-0.2, -0.15) is 11.8 Å². The van der Waals surface area contributed by atoms with Gasteiger partial charge in [-0.3, -0.25) is 4.79 Å². The van der Waals surface area contributed by atoms with Crippen LogP contribution in [-0.2, 0) is 4.74 Å². The molecule has 1 aliphatic rings. The van der Waals surface area contributed by atoms with E-state index in [-0.39, 0.29) is 18.1 Å². The monoisotopic (exact) mass is 300 g/mol. The molecule has 0 aliphatic carbocycles. The van der Waals surface area contributed by atoms with Crippen LogP contribution >= 0.6 is 23.1 Å². The minimum Gasteiger partial charge on any atom is -0.461 e. The minimum atomic E-state index is -0.530. The van der Waals surface area contributed by atoms with Crippen molar-refractivity contribution in [3.63, 3.8) is 0 Å². The van der Waals surface area contributed by atoms with E-state index in [1.165, 1.54) is 18.3 Å². The number of carbonyl (C=O) groups is 2. The van der Waals surface area contributed by atoms with Gasteiger partial charge in [-0.25, -0.2) is 9.78 Å². The van der Waals surface area contributed by atoms with Crippen molar-refractivity contribution in [2.24, 2.45) is 0 Å². The molecule has 2 rings (SSSR count). The van der Waals surface area contributed by atoms with Crippen LogP contribution in [0.2, 0.25) is 0 Å². The Bertz CT molecular complexity index is 481. The maximum Gasteiger partial charge on any atom is 0.358 e. The number of hydrogen-bond acceptors (Lipinski definition) is 7. The van der Waals surface area contributed by atoms with E-state index in [1.54, 1.807) is 6.92 Å². The lowest BCUT2D eigenvalue weighted by Gasteiger charge is -2.08. The van der Waals surface area contributed by atoms with Crippen LogP contribution in [0.5, 0.6) is 0 Å². The van der Waals surface area contributed by atoms with E-state index in [0.29, 0.717) is 16.1 Å². The van der Waals surface area contributed by atoms with Crippen molar-refractivity contribution < 1.29 is 14.3 Å². The van der Waals surface area contributed by atoms with Gasteiger partial charge in [0.2, 0.25) is 0 Å². The van der Waals surface area contributed by atoms with Crippen molar-refractivity contribution >= 4 is 40.0 Å². The van der Waals surface area contributed by atoms with Crippen molar-refractivity contribution in [1.29, 1.82) is 0 Å². The molecule has 1 aromatic heterocycles. The number of thioether (sulfide) groups is 1. The predicted molar refractivity (Wildman–Crippen MR) is 77.4 cm³/mol. The molecule has 1 atom stereocenters. The summed E-state index contributed by atoms with van der Waals surface area (Å²) in [5.74, 6) is 1.48. The molecule has 0 aromatic carbocycles. The highest BCUT2D eigenvalue weighted by atomic mass is 32.2. The third-order valence-corrected chi connectivity index (χ3v) is 4.92. The van der Waals surface area contributed by atoms with E-state index in [4.69, 9.17) is 4.74 Å². The average molecular weight is 300 g/mol. The first-order valence-electron chi connectivity index (χ1n) is 6.15. The van der Waals surface area contributed by atoms with E-state index in [2.05, 4.69) is 10.3 Å². The molecule has 0 bridgehead atoms. The summed E-state index contributed by atoms with van der Waals surface area (Å²) >= 11 is 3.12. The lowest BCUT2D eigenvalue weighted by molar-refractivity contribution is 0.0517. The molecule has 0 amide bonds. The quantitative estimate of drug-likeness (QED) is 0.665. The molecule has 1 unspecified atom stereocenters. The molecule has 1 aromatic rings. The molecular formula is C12H16N2O3S2. The van der Waals surface area contributed by atoms with E-state index < -0.39 is 5.97 Å². The molecule has 19 heavy (non-hydrogen) atoms. The van der Waals surface area contributed by atoms with Crippen molar-refractivity contribution in [3.05, 3.63) is 10.6 Å². The maximum absolute atomic E-state index is 11.8. The fraction of sp³-hybridized carbons (Fsp3) is 0.583. The van der Waals surface area contributed by atoms with E-state index in [1.807, 2.05) is 11.8 Å². The number of rotatable bonds is 5. The molecule has 1 fully saturated rings. The van der Waals surface area contributed by atoms with Crippen LogP contribution in [0.4, 0.5) is 5.13 Å². The van der Waals surface area contributed by atoms with Crippen LogP contribution < -0.4 is 5.32 Å². The fourth-order valence-electron chi connectivity index (χ4n) is 1.78. The van der Waals surface area contributed by atoms with Crippen LogP contribution in [0, 0.1) is 0 Å². The van der Waals surface area contributed by atoms with Crippen molar-refractivity contribution in [3.8, 4) is 0 Å². The van der Waals surface area contributed by atoms with Gasteiger partial charge in [-0.05, 0) is 19.1 Å². The van der Waals surface area contributed by atoms with Crippen molar-refractivity contribution in [2.45, 2.75) is 26.3 Å². The molecule has 1 aliphatic heterocycles. The summed E-state index contributed by atoms with van der Waals surface area (Å²) < 4.78 is 4.92. The second-order valence-electron chi connectivity index (χ2n) is 4.18. The summed E-state index contributed by atoms with van der Waals surface area (Å²) in [5, 5.41) is 3.91. The van der Waals surface area contributed by atoms with E-state index in [9.17, 15) is 9.59 Å². The first-order chi connectivity index (χ1) is 9.11. The largest absolute Gasteiger partial charge is 0.461 e. The molecular weight excluding hydrogens is 284 g/mol. The van der Waals surface area contributed by atoms with E-state index in [0.717, 1.165) is 17.9 Å². The average Bonchev–Trinajstić information content (AvgIpc) is 2.99. The highest BCUT2D eigenvalue weighted by molar-refractivity contribution is 7.99. The second kappa shape index (κ2) is 6.38. The van der Waals surface area contributed by atoms with Crippen LogP contribution in [-0.4, -0.2) is 40.9 Å². The van der Waals surface area contributed by atoms with Gasteiger partial charge in [0.1, 0.15) is 4.88 Å². The van der Waals surface area contributed by atoms with Gasteiger partial charge >= 0.3 is 5.97 Å². The Morgan fingerprint density at radius 2 is 2.32 bits per heavy atom. The number of thiazole rings is 1. The minimum absolute atomic E-state index is 0.132. The Balaban J connectivity index is 2.18. The molecule has 0 radical (unpaired) electrons. The van der Waals surface area contributed by atoms with Crippen molar-refractivity contribution in [2.75, 3.05) is 23.4 Å². The second-order valence-corrected chi connectivity index (χ2v) is 6.33. The first kappa shape index (κ1) is 14.3. The number of ketones is 1. The lowest BCUT2D eigenvalue weighted by Crippen LogP contribution is -2.18. The topological polar surface area (TPSA) is 68.3 Å². The molecule has 1 N–H and O–H groups in total. The zero-order valence-electron chi connectivity index (χ0n) is 10.9. The Morgan fingerprint density at radius 1 is 1.53 bits per heavy atom. The van der Waals surface area contributed by atoms with Crippen LogP contribution in [0.1, 0.15) is 40.4 Å². The van der Waals surface area contributed by atoms with Crippen molar-refractivity contribution in [1.82, 2.24) is 4.98 Å². The van der Waals surface area contributed by atoms with Gasteiger partial charge in [0.15, 0.2) is 16.6 Å². The number of esters is 1. The summed E-state index contributed by atoms with van der Waals surface area (Å²) in [6.45, 7) is 3.44. The predicted octanol–water partition coefficient (Wildman–Crippen LogP) is 2.44. The summed E-state index contributed by atoms with van der Waals surface area (Å²) in [7, 11) is 0.